The first-order chi connectivity index (χ1) is 10.6. The average Bonchev–Trinajstić information content (AvgIpc) is 2.59. The van der Waals surface area contributed by atoms with E-state index in [1.165, 1.54) is 7.11 Å². The summed E-state index contributed by atoms with van der Waals surface area (Å²) < 4.78 is 4.85. The van der Waals surface area contributed by atoms with Crippen LogP contribution in [-0.2, 0) is 9.53 Å². The Bertz CT molecular complexity index is 620. The van der Waals surface area contributed by atoms with Crippen LogP contribution in [0, 0.1) is 5.92 Å². The summed E-state index contributed by atoms with van der Waals surface area (Å²) in [6.07, 6.45) is 0.282. The fourth-order valence-electron chi connectivity index (χ4n) is 2.58. The number of esters is 1. The third-order valence-electron chi connectivity index (χ3n) is 3.91. The molecule has 0 aliphatic carbocycles. The Kier molecular flexibility index (Phi) is 5.48. The molecule has 3 heteroatoms. The highest BCUT2D eigenvalue weighted by Crippen LogP contribution is 2.30. The van der Waals surface area contributed by atoms with Crippen LogP contribution in [0.1, 0.15) is 35.2 Å². The van der Waals surface area contributed by atoms with E-state index < -0.39 is 0 Å². The van der Waals surface area contributed by atoms with E-state index >= 15 is 0 Å². The smallest absolute Gasteiger partial charge is 0.309 e. The molecule has 0 radical (unpaired) electrons. The number of benzene rings is 2. The zero-order chi connectivity index (χ0) is 15.9. The number of carbonyl (C=O) groups excluding carboxylic acids is 2. The minimum Gasteiger partial charge on any atom is -0.469 e. The monoisotopic (exact) mass is 296 g/mol. The lowest BCUT2D eigenvalue weighted by Crippen LogP contribution is -2.23. The lowest BCUT2D eigenvalue weighted by Gasteiger charge is -2.22. The lowest BCUT2D eigenvalue weighted by atomic mass is 9.82. The fraction of sp³-hybridized carbons (Fsp3) is 0.263. The maximum Gasteiger partial charge on any atom is 0.309 e. The first-order valence-corrected chi connectivity index (χ1v) is 7.34. The summed E-state index contributed by atoms with van der Waals surface area (Å²) in [4.78, 5) is 24.4. The normalized spacial score (nSPS) is 13.2. The summed E-state index contributed by atoms with van der Waals surface area (Å²) in [5.74, 6) is -0.832. The van der Waals surface area contributed by atoms with Gasteiger partial charge in [0, 0.05) is 17.9 Å². The van der Waals surface area contributed by atoms with E-state index in [4.69, 9.17) is 4.74 Å². The van der Waals surface area contributed by atoms with Gasteiger partial charge in [0.15, 0.2) is 5.78 Å². The average molecular weight is 296 g/mol. The number of methoxy groups -OCH3 is 1. The van der Waals surface area contributed by atoms with Gasteiger partial charge in [0.2, 0.25) is 0 Å². The molecule has 0 amide bonds. The molecule has 2 rings (SSSR count). The van der Waals surface area contributed by atoms with Crippen molar-refractivity contribution < 1.29 is 14.3 Å². The topological polar surface area (TPSA) is 43.4 Å². The highest BCUT2D eigenvalue weighted by atomic mass is 16.5. The van der Waals surface area contributed by atoms with Gasteiger partial charge in [0.25, 0.3) is 0 Å². The number of hydrogen-bond donors (Lipinski definition) is 0. The van der Waals surface area contributed by atoms with Gasteiger partial charge in [-0.3, -0.25) is 9.59 Å². The van der Waals surface area contributed by atoms with Crippen LogP contribution in [-0.4, -0.2) is 18.9 Å². The van der Waals surface area contributed by atoms with Crippen molar-refractivity contribution in [2.75, 3.05) is 7.11 Å². The molecule has 3 nitrogen and oxygen atoms in total. The Labute approximate surface area is 130 Å². The second kappa shape index (κ2) is 7.55. The van der Waals surface area contributed by atoms with Gasteiger partial charge in [-0.1, -0.05) is 67.6 Å². The van der Waals surface area contributed by atoms with E-state index in [9.17, 15) is 9.59 Å². The second-order valence-electron chi connectivity index (χ2n) is 5.32. The number of ether oxygens (including phenoxy) is 1. The first kappa shape index (κ1) is 16.0. The minimum atomic E-state index is -0.375. The fourth-order valence-corrected chi connectivity index (χ4v) is 2.58. The standard InChI is InChI=1S/C19H20O3/c1-14(19(21)22-2)17(15-9-5-3-6-10-15)13-18(20)16-11-7-4-8-12-16/h3-12,14,17H,13H2,1-2H3/t14?,17-/m0/s1. The molecule has 0 saturated heterocycles. The Hall–Kier alpha value is -2.42. The Morgan fingerprint density at radius 2 is 1.50 bits per heavy atom. The molecule has 2 aromatic carbocycles. The summed E-state index contributed by atoms with van der Waals surface area (Å²) in [6, 6.07) is 18.8. The molecule has 0 aliphatic rings. The van der Waals surface area contributed by atoms with Crippen molar-refractivity contribution in [3.05, 3.63) is 71.8 Å². The summed E-state index contributed by atoms with van der Waals surface area (Å²) in [5.41, 5.74) is 1.64. The quantitative estimate of drug-likeness (QED) is 0.600. The van der Waals surface area contributed by atoms with Crippen LogP contribution in [0.3, 0.4) is 0 Å². The van der Waals surface area contributed by atoms with Crippen molar-refractivity contribution in [2.24, 2.45) is 5.92 Å². The number of carbonyl (C=O) groups is 2. The predicted molar refractivity (Wildman–Crippen MR) is 85.8 cm³/mol. The zero-order valence-electron chi connectivity index (χ0n) is 12.9. The van der Waals surface area contributed by atoms with Crippen LogP contribution in [0.2, 0.25) is 0 Å². The van der Waals surface area contributed by atoms with Gasteiger partial charge in [-0.15, -0.1) is 0 Å². The Morgan fingerprint density at radius 1 is 0.955 bits per heavy atom. The molecule has 1 unspecified atom stereocenters. The van der Waals surface area contributed by atoms with Gasteiger partial charge < -0.3 is 4.74 Å². The van der Waals surface area contributed by atoms with Crippen molar-refractivity contribution in [1.82, 2.24) is 0 Å². The predicted octanol–water partition coefficient (Wildman–Crippen LogP) is 3.85. The first-order valence-electron chi connectivity index (χ1n) is 7.34. The minimum absolute atomic E-state index is 0.0326. The SMILES string of the molecule is COC(=O)C(C)[C@H](CC(=O)c1ccccc1)c1ccccc1. The number of hydrogen-bond acceptors (Lipinski definition) is 3. The van der Waals surface area contributed by atoms with Crippen molar-refractivity contribution in [1.29, 1.82) is 0 Å². The van der Waals surface area contributed by atoms with Crippen LogP contribution in [0.15, 0.2) is 60.7 Å². The molecule has 2 aromatic rings. The summed E-state index contributed by atoms with van der Waals surface area (Å²) >= 11 is 0. The van der Waals surface area contributed by atoms with Crippen molar-refractivity contribution >= 4 is 11.8 Å². The second-order valence-corrected chi connectivity index (χ2v) is 5.32. The van der Waals surface area contributed by atoms with E-state index in [1.54, 1.807) is 12.1 Å². The van der Waals surface area contributed by atoms with Crippen LogP contribution in [0.25, 0.3) is 0 Å². The van der Waals surface area contributed by atoms with Gasteiger partial charge in [0.05, 0.1) is 13.0 Å². The molecular weight excluding hydrogens is 276 g/mol. The van der Waals surface area contributed by atoms with Crippen LogP contribution >= 0.6 is 0 Å². The molecule has 0 saturated carbocycles. The zero-order valence-corrected chi connectivity index (χ0v) is 12.9. The highest BCUT2D eigenvalue weighted by Gasteiger charge is 2.28. The van der Waals surface area contributed by atoms with Crippen molar-refractivity contribution in [2.45, 2.75) is 19.3 Å². The summed E-state index contributed by atoms with van der Waals surface area (Å²) in [6.45, 7) is 1.81. The molecule has 2 atom stereocenters. The Balaban J connectivity index is 2.25. The molecule has 0 fully saturated rings. The van der Waals surface area contributed by atoms with Crippen LogP contribution in [0.4, 0.5) is 0 Å². The number of Topliss-reactive ketones (excluding diaryl/α,β-unsaturated/α-hetero) is 1. The van der Waals surface area contributed by atoms with Crippen LogP contribution in [0.5, 0.6) is 0 Å². The largest absolute Gasteiger partial charge is 0.469 e. The molecule has 0 heterocycles. The molecule has 0 spiro atoms. The third-order valence-corrected chi connectivity index (χ3v) is 3.91. The van der Waals surface area contributed by atoms with Crippen molar-refractivity contribution in [3.8, 4) is 0 Å². The van der Waals surface area contributed by atoms with Crippen molar-refractivity contribution in [3.63, 3.8) is 0 Å². The number of ketones is 1. The van der Waals surface area contributed by atoms with Gasteiger partial charge in [-0.05, 0) is 5.56 Å². The maximum absolute atomic E-state index is 12.5. The lowest BCUT2D eigenvalue weighted by molar-refractivity contribution is -0.145. The van der Waals surface area contributed by atoms with Crippen LogP contribution < -0.4 is 0 Å². The summed E-state index contributed by atoms with van der Waals surface area (Å²) in [5, 5.41) is 0. The van der Waals surface area contributed by atoms with Gasteiger partial charge in [0.1, 0.15) is 0 Å². The third kappa shape index (κ3) is 3.82. The van der Waals surface area contributed by atoms with E-state index in [0.29, 0.717) is 5.56 Å². The Morgan fingerprint density at radius 3 is 2.05 bits per heavy atom. The molecule has 22 heavy (non-hydrogen) atoms. The van der Waals surface area contributed by atoms with Gasteiger partial charge in [-0.2, -0.15) is 0 Å². The molecule has 0 aromatic heterocycles. The molecular formula is C19H20O3. The molecule has 0 aliphatic heterocycles. The molecule has 114 valence electrons. The van der Waals surface area contributed by atoms with Gasteiger partial charge in [-0.25, -0.2) is 0 Å². The summed E-state index contributed by atoms with van der Waals surface area (Å²) in [7, 11) is 1.37. The maximum atomic E-state index is 12.5. The highest BCUT2D eigenvalue weighted by molar-refractivity contribution is 5.96. The molecule has 0 N–H and O–H groups in total. The van der Waals surface area contributed by atoms with E-state index in [1.807, 2.05) is 55.5 Å². The number of rotatable bonds is 6. The molecule has 0 bridgehead atoms. The van der Waals surface area contributed by atoms with E-state index in [-0.39, 0.29) is 30.0 Å². The van der Waals surface area contributed by atoms with Gasteiger partial charge >= 0.3 is 5.97 Å². The van der Waals surface area contributed by atoms with E-state index in [2.05, 4.69) is 0 Å². The van der Waals surface area contributed by atoms with E-state index in [0.717, 1.165) is 5.56 Å².